The van der Waals surface area contributed by atoms with E-state index in [-0.39, 0.29) is 8.08 Å². The number of pyridine rings is 1. The Kier molecular flexibility index (Phi) is 2.77. The second kappa shape index (κ2) is 3.33. The third-order valence-corrected chi connectivity index (χ3v) is 3.01. The Labute approximate surface area is 85.1 Å². The lowest BCUT2D eigenvalue weighted by atomic mass is 10.3. The lowest BCUT2D eigenvalue weighted by molar-refractivity contribution is -0.141. The Bertz CT molecular complexity index is 343. The summed E-state index contributed by atoms with van der Waals surface area (Å²) in [6.45, 7) is 0. The molecule has 0 amide bonds. The molecule has 1 aromatic heterocycles. The predicted molar refractivity (Wildman–Crippen MR) is 49.3 cm³/mol. The minimum absolute atomic E-state index is 0.0394. The Hall–Kier alpha value is -0.110. The second-order valence-electron chi connectivity index (χ2n) is 2.03. The summed E-state index contributed by atoms with van der Waals surface area (Å²) in [5, 5.41) is 0. The van der Waals surface area contributed by atoms with Gasteiger partial charge >= 0.3 is 6.18 Å². The molecule has 0 bridgehead atoms. The van der Waals surface area contributed by atoms with Crippen molar-refractivity contribution in [1.82, 2.24) is 4.98 Å². The number of hydrogen-bond acceptors (Lipinski definition) is 1. The molecule has 1 nitrogen and oxygen atoms in total. The summed E-state index contributed by atoms with van der Waals surface area (Å²) in [5.74, 6) is 0. The van der Waals surface area contributed by atoms with Crippen LogP contribution in [0.1, 0.15) is 5.69 Å². The van der Waals surface area contributed by atoms with Crippen LogP contribution >= 0.6 is 34.8 Å². The molecule has 0 spiro atoms. The maximum Gasteiger partial charge on any atom is 0.432 e. The molecule has 0 aliphatic rings. The maximum absolute atomic E-state index is 12.1. The van der Waals surface area contributed by atoms with Crippen molar-refractivity contribution in [3.8, 4) is 0 Å². The molecule has 0 aliphatic carbocycles. The quantitative estimate of drug-likeness (QED) is 0.574. The number of alkyl halides is 3. The smallest absolute Gasteiger partial charge is 0.357 e. The molecule has 0 aromatic carbocycles. The summed E-state index contributed by atoms with van der Waals surface area (Å²) in [4.78, 5) is 2.12. The molecule has 0 fully saturated rings. The average Bonchev–Trinajstić information content (AvgIpc) is 1.92. The van der Waals surface area contributed by atoms with Crippen LogP contribution in [0.3, 0.4) is 0 Å². The van der Waals surface area contributed by atoms with E-state index < -0.39 is 11.9 Å². The van der Waals surface area contributed by atoms with Crippen molar-refractivity contribution in [2.24, 2.45) is 0 Å². The summed E-state index contributed by atoms with van der Waals surface area (Å²) in [6, 6.07) is 1.42. The monoisotopic (exact) mass is 305 g/mol. The first-order chi connectivity index (χ1) is 5.43. The highest BCUT2D eigenvalue weighted by Gasteiger charge is 2.33. The molecule has 1 rings (SSSR count). The molecule has 1 aromatic rings. The average molecular weight is 305 g/mol. The zero-order valence-corrected chi connectivity index (χ0v) is 8.55. The number of aromatic amines is 1. The number of H-pyrrole nitrogens is 1. The number of rotatable bonds is 0. The van der Waals surface area contributed by atoms with Crippen LogP contribution < -0.4 is 0 Å². The van der Waals surface area contributed by atoms with Crippen LogP contribution in [-0.4, -0.2) is 4.98 Å². The lowest BCUT2D eigenvalue weighted by Gasteiger charge is -2.07. The molecule has 66 valence electrons. The van der Waals surface area contributed by atoms with Gasteiger partial charge in [-0.15, -0.1) is 0 Å². The highest BCUT2D eigenvalue weighted by molar-refractivity contribution is 14.1. The Balaban J connectivity index is 3.36. The summed E-state index contributed by atoms with van der Waals surface area (Å²) < 4.78 is 36.7. The highest BCUT2D eigenvalue weighted by Crippen LogP contribution is 2.30. The lowest BCUT2D eigenvalue weighted by Crippen LogP contribution is -2.10. The van der Waals surface area contributed by atoms with Gasteiger partial charge in [-0.1, -0.05) is 12.2 Å². The second-order valence-corrected chi connectivity index (χ2v) is 3.55. The first-order valence-corrected chi connectivity index (χ1v) is 4.36. The standard InChI is InChI=1S/C6H3F3INS/c7-6(8,9)5-4(10)3(12)1-2-11-5/h1-2H,(H,11,12). The first-order valence-electron chi connectivity index (χ1n) is 2.87. The van der Waals surface area contributed by atoms with E-state index in [1.807, 2.05) is 0 Å². The van der Waals surface area contributed by atoms with Gasteiger partial charge in [0.25, 0.3) is 0 Å². The van der Waals surface area contributed by atoms with Crippen molar-refractivity contribution in [3.63, 3.8) is 0 Å². The van der Waals surface area contributed by atoms with Gasteiger partial charge in [-0.25, -0.2) is 0 Å². The molecule has 0 saturated heterocycles. The molecule has 0 aliphatic heterocycles. The minimum atomic E-state index is -4.36. The fourth-order valence-corrected chi connectivity index (χ4v) is 1.48. The van der Waals surface area contributed by atoms with Gasteiger partial charge in [-0.3, -0.25) is 0 Å². The van der Waals surface area contributed by atoms with Crippen LogP contribution in [-0.2, 0) is 6.18 Å². The third kappa shape index (κ3) is 1.98. The van der Waals surface area contributed by atoms with Crippen molar-refractivity contribution in [3.05, 3.63) is 26.0 Å². The van der Waals surface area contributed by atoms with Crippen molar-refractivity contribution in [2.45, 2.75) is 6.18 Å². The van der Waals surface area contributed by atoms with Crippen LogP contribution in [0, 0.1) is 8.08 Å². The molecule has 1 N–H and O–H groups in total. The molecule has 0 atom stereocenters. The van der Waals surface area contributed by atoms with Gasteiger partial charge in [0.1, 0.15) is 5.69 Å². The van der Waals surface area contributed by atoms with Gasteiger partial charge < -0.3 is 4.98 Å². The van der Waals surface area contributed by atoms with Crippen molar-refractivity contribution in [2.75, 3.05) is 0 Å². The Morgan fingerprint density at radius 3 is 2.42 bits per heavy atom. The van der Waals surface area contributed by atoms with E-state index in [9.17, 15) is 13.2 Å². The van der Waals surface area contributed by atoms with Gasteiger partial charge in [0.2, 0.25) is 0 Å². The van der Waals surface area contributed by atoms with E-state index in [0.717, 1.165) is 0 Å². The molecule has 0 unspecified atom stereocenters. The fourth-order valence-electron chi connectivity index (χ4n) is 0.667. The summed E-state index contributed by atoms with van der Waals surface area (Å²) in [7, 11) is 0. The minimum Gasteiger partial charge on any atom is -0.357 e. The summed E-state index contributed by atoms with van der Waals surface area (Å²) in [5.41, 5.74) is -0.782. The third-order valence-electron chi connectivity index (χ3n) is 1.18. The van der Waals surface area contributed by atoms with E-state index >= 15 is 0 Å². The molecule has 1 heterocycles. The van der Waals surface area contributed by atoms with Crippen molar-refractivity contribution < 1.29 is 13.2 Å². The number of hydrogen-bond donors (Lipinski definition) is 1. The molecule has 0 saturated carbocycles. The molecular formula is C6H3F3INS. The fraction of sp³-hybridized carbons (Fsp3) is 0.167. The van der Waals surface area contributed by atoms with E-state index in [1.165, 1.54) is 12.3 Å². The summed E-state index contributed by atoms with van der Waals surface area (Å²) in [6.07, 6.45) is -3.17. The first kappa shape index (κ1) is 9.97. The van der Waals surface area contributed by atoms with Crippen LogP contribution in [0.5, 0.6) is 0 Å². The normalized spacial score (nSPS) is 11.7. The van der Waals surface area contributed by atoms with Gasteiger partial charge in [-0.2, -0.15) is 13.2 Å². The van der Waals surface area contributed by atoms with E-state index in [1.54, 1.807) is 22.6 Å². The summed E-state index contributed by atoms with van der Waals surface area (Å²) >= 11 is 6.26. The van der Waals surface area contributed by atoms with Gasteiger partial charge in [0.15, 0.2) is 0 Å². The van der Waals surface area contributed by atoms with E-state index in [2.05, 4.69) is 17.2 Å². The van der Waals surface area contributed by atoms with Gasteiger partial charge in [0.05, 0.1) is 8.08 Å². The Morgan fingerprint density at radius 2 is 2.00 bits per heavy atom. The van der Waals surface area contributed by atoms with Crippen molar-refractivity contribution in [1.29, 1.82) is 0 Å². The molecule has 6 heteroatoms. The maximum atomic E-state index is 12.1. The van der Waals surface area contributed by atoms with Crippen LogP contribution in [0.2, 0.25) is 0 Å². The van der Waals surface area contributed by atoms with E-state index in [4.69, 9.17) is 0 Å². The van der Waals surface area contributed by atoms with Crippen LogP contribution in [0.4, 0.5) is 13.2 Å². The number of halogens is 4. The van der Waals surface area contributed by atoms with Gasteiger partial charge in [0, 0.05) is 6.20 Å². The van der Waals surface area contributed by atoms with Crippen LogP contribution in [0.25, 0.3) is 0 Å². The van der Waals surface area contributed by atoms with Crippen LogP contribution in [0.15, 0.2) is 12.3 Å². The highest BCUT2D eigenvalue weighted by atomic mass is 127. The van der Waals surface area contributed by atoms with Gasteiger partial charge in [-0.05, 0) is 28.7 Å². The van der Waals surface area contributed by atoms with E-state index in [0.29, 0.717) is 0 Å². The number of nitrogens with one attached hydrogen (secondary N) is 1. The largest absolute Gasteiger partial charge is 0.432 e. The number of aromatic nitrogens is 1. The SMILES string of the molecule is FC(F)(F)c1[nH]ccc(=S)c1I. The zero-order chi connectivity index (χ0) is 9.35. The molecule has 12 heavy (non-hydrogen) atoms. The topological polar surface area (TPSA) is 15.8 Å². The van der Waals surface area contributed by atoms with Crippen molar-refractivity contribution >= 4 is 34.8 Å². The predicted octanol–water partition coefficient (Wildman–Crippen LogP) is 3.37. The molecular weight excluding hydrogens is 302 g/mol. The molecule has 0 radical (unpaired) electrons. The zero-order valence-electron chi connectivity index (χ0n) is 5.57. The Morgan fingerprint density at radius 1 is 1.42 bits per heavy atom.